The molecule has 3 N–H and O–H groups in total. The quantitative estimate of drug-likeness (QED) is 0.435. The van der Waals surface area contributed by atoms with E-state index in [4.69, 9.17) is 0 Å². The second kappa shape index (κ2) is 10.8. The van der Waals surface area contributed by atoms with Crippen LogP contribution in [0.3, 0.4) is 0 Å². The van der Waals surface area contributed by atoms with Crippen LogP contribution in [-0.4, -0.2) is 55.7 Å². The number of fused-ring (bicyclic) bond motifs is 1. The van der Waals surface area contributed by atoms with Crippen molar-refractivity contribution in [3.63, 3.8) is 0 Å². The molecule has 34 heavy (non-hydrogen) atoms. The number of piperidine rings is 1. The van der Waals surface area contributed by atoms with E-state index in [0.717, 1.165) is 22.9 Å². The Balaban J connectivity index is 1.19. The van der Waals surface area contributed by atoms with E-state index in [2.05, 4.69) is 21.7 Å². The number of hydrogen-bond donors (Lipinski definition) is 3. The van der Waals surface area contributed by atoms with Crippen LogP contribution in [0, 0.1) is 5.92 Å². The molecule has 8 nitrogen and oxygen atoms in total. The fraction of sp³-hybridized carbons (Fsp3) is 0.360. The predicted octanol–water partition coefficient (Wildman–Crippen LogP) is 2.43. The first-order valence-electron chi connectivity index (χ1n) is 11.6. The van der Waals surface area contributed by atoms with Crippen molar-refractivity contribution in [2.45, 2.75) is 30.6 Å². The van der Waals surface area contributed by atoms with Gasteiger partial charge >= 0.3 is 0 Å². The summed E-state index contributed by atoms with van der Waals surface area (Å²) in [5.41, 5.74) is 2.22. The van der Waals surface area contributed by atoms with Crippen molar-refractivity contribution in [1.82, 2.24) is 19.9 Å². The van der Waals surface area contributed by atoms with Gasteiger partial charge in [-0.25, -0.2) is 8.42 Å². The number of rotatable bonds is 9. The van der Waals surface area contributed by atoms with Crippen LogP contribution >= 0.6 is 0 Å². The average Bonchev–Trinajstić information content (AvgIpc) is 3.28. The number of hydrogen-bond acceptors (Lipinski definition) is 4. The second-order valence-electron chi connectivity index (χ2n) is 8.52. The largest absolute Gasteiger partial charge is 0.361 e. The minimum absolute atomic E-state index is 0.128. The van der Waals surface area contributed by atoms with Crippen LogP contribution < -0.4 is 10.6 Å². The van der Waals surface area contributed by atoms with E-state index in [0.29, 0.717) is 25.9 Å². The third-order valence-electron chi connectivity index (χ3n) is 6.18. The number of carbonyl (C=O) groups is 2. The Labute approximate surface area is 199 Å². The first-order valence-corrected chi connectivity index (χ1v) is 13.0. The minimum atomic E-state index is -3.62. The molecule has 0 saturated carbocycles. The average molecular weight is 483 g/mol. The molecule has 0 spiro atoms. The van der Waals surface area contributed by atoms with Gasteiger partial charge in [-0.1, -0.05) is 36.4 Å². The summed E-state index contributed by atoms with van der Waals surface area (Å²) >= 11 is 0. The molecule has 1 atom stereocenters. The van der Waals surface area contributed by atoms with Crippen molar-refractivity contribution in [3.8, 4) is 0 Å². The molecule has 3 aromatic rings. The van der Waals surface area contributed by atoms with Crippen molar-refractivity contribution >= 4 is 32.7 Å². The second-order valence-corrected chi connectivity index (χ2v) is 10.5. The summed E-state index contributed by atoms with van der Waals surface area (Å²) in [7, 11) is -3.62. The van der Waals surface area contributed by atoms with Gasteiger partial charge in [0.15, 0.2) is 0 Å². The number of benzene rings is 2. The summed E-state index contributed by atoms with van der Waals surface area (Å²) in [5.74, 6) is -0.756. The number of aromatic nitrogens is 1. The molecule has 2 heterocycles. The maximum atomic E-state index is 12.9. The van der Waals surface area contributed by atoms with Crippen LogP contribution in [0.5, 0.6) is 0 Å². The predicted molar refractivity (Wildman–Crippen MR) is 131 cm³/mol. The highest BCUT2D eigenvalue weighted by Gasteiger charge is 2.33. The Bertz CT molecular complexity index is 1240. The lowest BCUT2D eigenvalue weighted by Crippen LogP contribution is -2.45. The zero-order valence-corrected chi connectivity index (χ0v) is 19.8. The molecular weight excluding hydrogens is 452 g/mol. The zero-order chi connectivity index (χ0) is 24.0. The number of aromatic amines is 1. The van der Waals surface area contributed by atoms with Gasteiger partial charge in [-0.15, -0.1) is 0 Å². The van der Waals surface area contributed by atoms with E-state index < -0.39 is 15.9 Å². The highest BCUT2D eigenvalue weighted by molar-refractivity contribution is 7.89. The summed E-state index contributed by atoms with van der Waals surface area (Å²) in [6.45, 7) is 1.29. The summed E-state index contributed by atoms with van der Waals surface area (Å²) < 4.78 is 27.1. The molecule has 0 bridgehead atoms. The fourth-order valence-corrected chi connectivity index (χ4v) is 5.87. The Morgan fingerprint density at radius 2 is 1.76 bits per heavy atom. The number of nitrogens with zero attached hydrogens (tertiary/aromatic N) is 1. The summed E-state index contributed by atoms with van der Waals surface area (Å²) in [5, 5.41) is 6.84. The maximum Gasteiger partial charge on any atom is 0.243 e. The van der Waals surface area contributed by atoms with Gasteiger partial charge in [0.2, 0.25) is 21.8 Å². The lowest BCUT2D eigenvalue weighted by Gasteiger charge is -2.31. The molecule has 9 heteroatoms. The molecule has 1 saturated heterocycles. The highest BCUT2D eigenvalue weighted by atomic mass is 32.2. The number of nitrogens with one attached hydrogen (secondary N) is 3. The van der Waals surface area contributed by atoms with Gasteiger partial charge in [-0.3, -0.25) is 9.59 Å². The van der Waals surface area contributed by atoms with Crippen LogP contribution in [0.2, 0.25) is 0 Å². The normalized spacial score (nSPS) is 16.9. The molecular formula is C25H30N4O4S. The number of para-hydroxylation sites is 1. The van der Waals surface area contributed by atoms with Gasteiger partial charge in [-0.2, -0.15) is 4.31 Å². The fourth-order valence-electron chi connectivity index (χ4n) is 4.32. The minimum Gasteiger partial charge on any atom is -0.361 e. The lowest BCUT2D eigenvalue weighted by molar-refractivity contribution is -0.126. The summed E-state index contributed by atoms with van der Waals surface area (Å²) in [6, 6.07) is 16.3. The SMILES string of the molecule is O=C(CCNC(=O)C1CCCN(S(=O)(=O)c2ccccc2)C1)NCCc1c[nH]c2ccccc12. The Morgan fingerprint density at radius 3 is 2.59 bits per heavy atom. The van der Waals surface area contributed by atoms with Gasteiger partial charge < -0.3 is 15.6 Å². The summed E-state index contributed by atoms with van der Waals surface area (Å²) in [4.78, 5) is 28.3. The van der Waals surface area contributed by atoms with Gasteiger partial charge in [0.1, 0.15) is 0 Å². The molecule has 180 valence electrons. The smallest absolute Gasteiger partial charge is 0.243 e. The molecule has 1 aromatic heterocycles. The molecule has 2 amide bonds. The van der Waals surface area contributed by atoms with Crippen LogP contribution in [0.4, 0.5) is 0 Å². The van der Waals surface area contributed by atoms with Gasteiger partial charge in [0, 0.05) is 49.7 Å². The van der Waals surface area contributed by atoms with E-state index in [1.165, 1.54) is 4.31 Å². The standard InChI is InChI=1S/C25H30N4O4S/c30-24(26-14-12-19-17-28-23-11-5-4-10-22(19)23)13-15-27-25(31)20-7-6-16-29(18-20)34(32,33)21-8-2-1-3-9-21/h1-5,8-11,17,20,28H,6-7,12-16,18H2,(H,26,30)(H,27,31). The number of amides is 2. The monoisotopic (exact) mass is 482 g/mol. The molecule has 0 radical (unpaired) electrons. The van der Waals surface area contributed by atoms with Gasteiger partial charge in [0.05, 0.1) is 10.8 Å². The van der Waals surface area contributed by atoms with Crippen molar-refractivity contribution in [1.29, 1.82) is 0 Å². The topological polar surface area (TPSA) is 111 Å². The van der Waals surface area contributed by atoms with Crippen LogP contribution in [0.25, 0.3) is 10.9 Å². The van der Waals surface area contributed by atoms with E-state index in [-0.39, 0.29) is 36.2 Å². The lowest BCUT2D eigenvalue weighted by atomic mass is 9.99. The van der Waals surface area contributed by atoms with Crippen molar-refractivity contribution < 1.29 is 18.0 Å². The molecule has 1 aliphatic rings. The Hall–Kier alpha value is -3.17. The third kappa shape index (κ3) is 5.66. The van der Waals surface area contributed by atoms with Crippen LogP contribution in [0.15, 0.2) is 65.7 Å². The summed E-state index contributed by atoms with van der Waals surface area (Å²) in [6.07, 6.45) is 4.11. The number of carbonyl (C=O) groups excluding carboxylic acids is 2. The van der Waals surface area contributed by atoms with Gasteiger partial charge in [0.25, 0.3) is 0 Å². The van der Waals surface area contributed by atoms with Crippen LogP contribution in [-0.2, 0) is 26.0 Å². The van der Waals surface area contributed by atoms with E-state index >= 15 is 0 Å². The Morgan fingerprint density at radius 1 is 1.00 bits per heavy atom. The van der Waals surface area contributed by atoms with E-state index in [9.17, 15) is 18.0 Å². The maximum absolute atomic E-state index is 12.9. The molecule has 1 aliphatic heterocycles. The molecule has 0 aliphatic carbocycles. The van der Waals surface area contributed by atoms with Crippen LogP contribution in [0.1, 0.15) is 24.8 Å². The highest BCUT2D eigenvalue weighted by Crippen LogP contribution is 2.24. The van der Waals surface area contributed by atoms with E-state index in [1.807, 2.05) is 24.4 Å². The molecule has 2 aromatic carbocycles. The first-order chi connectivity index (χ1) is 16.4. The Kier molecular flexibility index (Phi) is 7.64. The zero-order valence-electron chi connectivity index (χ0n) is 19.0. The van der Waals surface area contributed by atoms with Gasteiger partial charge in [-0.05, 0) is 43.0 Å². The third-order valence-corrected chi connectivity index (χ3v) is 8.06. The van der Waals surface area contributed by atoms with Crippen molar-refractivity contribution in [2.75, 3.05) is 26.2 Å². The molecule has 4 rings (SSSR count). The van der Waals surface area contributed by atoms with Crippen molar-refractivity contribution in [3.05, 3.63) is 66.4 Å². The van der Waals surface area contributed by atoms with E-state index in [1.54, 1.807) is 30.3 Å². The number of sulfonamides is 1. The molecule has 1 unspecified atom stereocenters. The molecule has 1 fully saturated rings. The first kappa shape index (κ1) is 24.0. The van der Waals surface area contributed by atoms with Crippen molar-refractivity contribution in [2.24, 2.45) is 5.92 Å². The number of H-pyrrole nitrogens is 1.